The van der Waals surface area contributed by atoms with Crippen molar-refractivity contribution >= 4 is 32.5 Å². The van der Waals surface area contributed by atoms with E-state index >= 15 is 0 Å². The molecule has 0 saturated heterocycles. The Morgan fingerprint density at radius 2 is 1.75 bits per heavy atom. The molecular weight excluding hydrogens is 378 g/mol. The summed E-state index contributed by atoms with van der Waals surface area (Å²) in [7, 11) is -3.59. The first-order valence-electron chi connectivity index (χ1n) is 8.87. The lowest BCUT2D eigenvalue weighted by atomic mass is 10.1. The van der Waals surface area contributed by atoms with Crippen molar-refractivity contribution in [3.63, 3.8) is 0 Å². The maximum atomic E-state index is 12.6. The molecule has 0 unspecified atom stereocenters. The number of benzene rings is 2. The first kappa shape index (κ1) is 19.8. The average Bonchev–Trinajstić information content (AvgIpc) is 3.10. The van der Waals surface area contributed by atoms with E-state index in [4.69, 9.17) is 4.74 Å². The van der Waals surface area contributed by atoms with Gasteiger partial charge in [-0.25, -0.2) is 8.42 Å². The topological polar surface area (TPSA) is 93.3 Å². The number of ether oxygens (including phenoxy) is 1. The molecule has 6 nitrogen and oxygen atoms in total. The van der Waals surface area contributed by atoms with Gasteiger partial charge in [0.2, 0.25) is 5.78 Å². The van der Waals surface area contributed by atoms with E-state index in [-0.39, 0.29) is 22.9 Å². The lowest BCUT2D eigenvalue weighted by molar-refractivity contribution is -0.145. The number of para-hydroxylation sites is 1. The number of carbonyl (C=O) groups excluding carboxylic acids is 2. The van der Waals surface area contributed by atoms with Gasteiger partial charge in [0.05, 0.1) is 17.1 Å². The third kappa shape index (κ3) is 4.31. The Balaban J connectivity index is 1.61. The normalized spacial score (nSPS) is 12.6. The highest BCUT2D eigenvalue weighted by molar-refractivity contribution is 7.91. The number of H-pyrrole nitrogens is 1. The van der Waals surface area contributed by atoms with Gasteiger partial charge in [0.1, 0.15) is 0 Å². The summed E-state index contributed by atoms with van der Waals surface area (Å²) in [5, 5.41) is 0.748. The summed E-state index contributed by atoms with van der Waals surface area (Å²) >= 11 is 0. The fourth-order valence-electron chi connectivity index (χ4n) is 2.89. The zero-order valence-electron chi connectivity index (χ0n) is 15.6. The smallest absolute Gasteiger partial charge is 0.307 e. The van der Waals surface area contributed by atoms with Crippen LogP contribution >= 0.6 is 0 Å². The van der Waals surface area contributed by atoms with Crippen LogP contribution in [0.5, 0.6) is 0 Å². The Bertz CT molecular complexity index is 1110. The third-order valence-electron chi connectivity index (χ3n) is 4.49. The molecule has 146 valence electrons. The first-order valence-corrected chi connectivity index (χ1v) is 10.5. The van der Waals surface area contributed by atoms with Gasteiger partial charge >= 0.3 is 5.97 Å². The van der Waals surface area contributed by atoms with Crippen LogP contribution < -0.4 is 0 Å². The van der Waals surface area contributed by atoms with Crippen molar-refractivity contribution in [2.75, 3.05) is 5.75 Å². The molecule has 1 N–H and O–H groups in total. The second-order valence-corrected chi connectivity index (χ2v) is 8.74. The van der Waals surface area contributed by atoms with Gasteiger partial charge in [-0.1, -0.05) is 35.9 Å². The first-order chi connectivity index (χ1) is 13.3. The van der Waals surface area contributed by atoms with Crippen LogP contribution in [0.1, 0.15) is 29.3 Å². The highest BCUT2D eigenvalue weighted by Gasteiger charge is 2.23. The van der Waals surface area contributed by atoms with Crippen LogP contribution in [0, 0.1) is 6.92 Å². The van der Waals surface area contributed by atoms with Gasteiger partial charge in [0.15, 0.2) is 15.9 Å². The molecule has 2 aromatic carbocycles. The standard InChI is InChI=1S/C21H21NO5S/c1-14-7-9-16(10-8-14)28(25,26)12-11-20(23)27-15(2)21(24)18-13-22-19-6-4-3-5-17(18)19/h3-10,13,15,22H,11-12H2,1-2H3/t15-/m1/s1. The van der Waals surface area contributed by atoms with E-state index < -0.39 is 21.9 Å². The zero-order valence-corrected chi connectivity index (χ0v) is 16.5. The predicted molar refractivity (Wildman–Crippen MR) is 106 cm³/mol. The van der Waals surface area contributed by atoms with Crippen molar-refractivity contribution in [3.05, 3.63) is 65.9 Å². The molecule has 0 spiro atoms. The number of carbonyl (C=O) groups is 2. The fraction of sp³-hybridized carbons (Fsp3) is 0.238. The molecule has 0 bridgehead atoms. The maximum absolute atomic E-state index is 12.6. The molecule has 1 atom stereocenters. The van der Waals surface area contributed by atoms with Gasteiger partial charge in [0, 0.05) is 22.7 Å². The molecule has 0 fully saturated rings. The zero-order chi connectivity index (χ0) is 20.3. The van der Waals surface area contributed by atoms with Crippen molar-refractivity contribution in [3.8, 4) is 0 Å². The summed E-state index contributed by atoms with van der Waals surface area (Å²) in [6.45, 7) is 3.34. The molecule has 7 heteroatoms. The van der Waals surface area contributed by atoms with Crippen molar-refractivity contribution in [1.82, 2.24) is 4.98 Å². The van der Waals surface area contributed by atoms with Crippen molar-refractivity contribution < 1.29 is 22.7 Å². The number of ketones is 1. The number of Topliss-reactive ketones (excluding diaryl/α,β-unsaturated/α-hetero) is 1. The minimum Gasteiger partial charge on any atom is -0.454 e. The van der Waals surface area contributed by atoms with E-state index in [1.165, 1.54) is 19.1 Å². The number of aromatic amines is 1. The molecule has 0 aliphatic rings. The van der Waals surface area contributed by atoms with Crippen LogP contribution in [-0.2, 0) is 19.4 Å². The molecule has 3 aromatic rings. The molecule has 1 aromatic heterocycles. The second kappa shape index (κ2) is 7.98. The van der Waals surface area contributed by atoms with Crippen LogP contribution in [-0.4, -0.2) is 37.0 Å². The molecule has 0 saturated carbocycles. The summed E-state index contributed by atoms with van der Waals surface area (Å²) in [4.78, 5) is 27.8. The summed E-state index contributed by atoms with van der Waals surface area (Å²) in [6, 6.07) is 13.8. The lowest BCUT2D eigenvalue weighted by Gasteiger charge is -2.12. The van der Waals surface area contributed by atoms with Crippen LogP contribution in [0.2, 0.25) is 0 Å². The highest BCUT2D eigenvalue weighted by atomic mass is 32.2. The monoisotopic (exact) mass is 399 g/mol. The molecule has 0 aliphatic heterocycles. The van der Waals surface area contributed by atoms with E-state index in [9.17, 15) is 18.0 Å². The minimum absolute atomic E-state index is 0.161. The van der Waals surface area contributed by atoms with Crippen LogP contribution in [0.3, 0.4) is 0 Å². The highest BCUT2D eigenvalue weighted by Crippen LogP contribution is 2.20. The van der Waals surface area contributed by atoms with Gasteiger partial charge in [0.25, 0.3) is 0 Å². The van der Waals surface area contributed by atoms with E-state index in [2.05, 4.69) is 4.98 Å². The predicted octanol–water partition coefficient (Wildman–Crippen LogP) is 3.45. The van der Waals surface area contributed by atoms with Crippen LogP contribution in [0.4, 0.5) is 0 Å². The molecule has 1 heterocycles. The van der Waals surface area contributed by atoms with E-state index in [1.54, 1.807) is 18.3 Å². The summed E-state index contributed by atoms with van der Waals surface area (Å²) in [5.74, 6) is -1.44. The van der Waals surface area contributed by atoms with Gasteiger partial charge in [-0.05, 0) is 32.0 Å². The minimum atomic E-state index is -3.59. The summed E-state index contributed by atoms with van der Waals surface area (Å²) < 4.78 is 29.8. The molecule has 28 heavy (non-hydrogen) atoms. The molecule has 0 aliphatic carbocycles. The molecule has 3 rings (SSSR count). The third-order valence-corrected chi connectivity index (χ3v) is 6.22. The number of aryl methyl sites for hydroxylation is 1. The van der Waals surface area contributed by atoms with Gasteiger partial charge in [-0.2, -0.15) is 0 Å². The summed E-state index contributed by atoms with van der Waals surface area (Å²) in [5.41, 5.74) is 2.19. The average molecular weight is 399 g/mol. The van der Waals surface area contributed by atoms with E-state index in [1.807, 2.05) is 31.2 Å². The summed E-state index contributed by atoms with van der Waals surface area (Å²) in [6.07, 6.45) is 0.259. The largest absolute Gasteiger partial charge is 0.454 e. The Kier molecular flexibility index (Phi) is 5.65. The number of aromatic nitrogens is 1. The van der Waals surface area contributed by atoms with Crippen molar-refractivity contribution in [2.45, 2.75) is 31.3 Å². The number of esters is 1. The molecule has 0 amide bonds. The Labute approximate surface area is 163 Å². The van der Waals surface area contributed by atoms with Crippen LogP contribution in [0.15, 0.2) is 59.6 Å². The number of hydrogen-bond acceptors (Lipinski definition) is 5. The van der Waals surface area contributed by atoms with E-state index in [0.29, 0.717) is 5.56 Å². The number of nitrogens with one attached hydrogen (secondary N) is 1. The van der Waals surface area contributed by atoms with Crippen molar-refractivity contribution in [1.29, 1.82) is 0 Å². The number of rotatable bonds is 7. The Hall–Kier alpha value is -2.93. The lowest BCUT2D eigenvalue weighted by Crippen LogP contribution is -2.25. The molecule has 0 radical (unpaired) electrons. The molecular formula is C21H21NO5S. The fourth-order valence-corrected chi connectivity index (χ4v) is 4.11. The van der Waals surface area contributed by atoms with Gasteiger partial charge in [-0.3, -0.25) is 9.59 Å². The van der Waals surface area contributed by atoms with Crippen LogP contribution in [0.25, 0.3) is 10.9 Å². The number of fused-ring (bicyclic) bond motifs is 1. The van der Waals surface area contributed by atoms with E-state index in [0.717, 1.165) is 16.5 Å². The van der Waals surface area contributed by atoms with Gasteiger partial charge < -0.3 is 9.72 Å². The quantitative estimate of drug-likeness (QED) is 0.485. The van der Waals surface area contributed by atoms with Gasteiger partial charge in [-0.15, -0.1) is 0 Å². The Morgan fingerprint density at radius 3 is 2.46 bits per heavy atom. The Morgan fingerprint density at radius 1 is 1.07 bits per heavy atom. The van der Waals surface area contributed by atoms with Crippen molar-refractivity contribution in [2.24, 2.45) is 0 Å². The second-order valence-electron chi connectivity index (χ2n) is 6.63. The maximum Gasteiger partial charge on any atom is 0.307 e. The SMILES string of the molecule is Cc1ccc(S(=O)(=O)CCC(=O)O[C@H](C)C(=O)c2c[nH]c3ccccc23)cc1. The number of sulfone groups is 1. The number of hydrogen-bond donors (Lipinski definition) is 1.